The highest BCUT2D eigenvalue weighted by Crippen LogP contribution is 2.43. The maximum atomic E-state index is 17.0. The zero-order valence-corrected chi connectivity index (χ0v) is 26.4. The number of benzene rings is 2. The number of carbonyl (C=O) groups excluding carboxylic acids is 1. The summed E-state index contributed by atoms with van der Waals surface area (Å²) in [6.45, 7) is 15.6. The Kier molecular flexibility index (Phi) is 7.24. The maximum Gasteiger partial charge on any atom is 0.246 e. The number of anilines is 2. The lowest BCUT2D eigenvalue weighted by atomic mass is 9.96. The second kappa shape index (κ2) is 11.0. The topological polar surface area (TPSA) is 84.5 Å². The Hall–Kier alpha value is -3.76. The molecule has 9 nitrogen and oxygen atoms in total. The van der Waals surface area contributed by atoms with Crippen molar-refractivity contribution in [2.75, 3.05) is 42.5 Å². The van der Waals surface area contributed by atoms with Crippen molar-refractivity contribution in [2.45, 2.75) is 64.7 Å². The second-order valence-corrected chi connectivity index (χ2v) is 13.0. The number of fused-ring (bicyclic) bond motifs is 2. The molecule has 3 aliphatic rings. The highest BCUT2D eigenvalue weighted by molar-refractivity contribution is 6.35. The summed E-state index contributed by atoms with van der Waals surface area (Å²) < 4.78 is 17.0. The van der Waals surface area contributed by atoms with Crippen molar-refractivity contribution in [3.63, 3.8) is 0 Å². The summed E-state index contributed by atoms with van der Waals surface area (Å²) in [6.07, 6.45) is 5.60. The third-order valence-electron chi connectivity index (χ3n) is 9.64. The molecule has 0 unspecified atom stereocenters. The summed E-state index contributed by atoms with van der Waals surface area (Å²) in [4.78, 5) is 31.3. The highest BCUT2D eigenvalue weighted by Gasteiger charge is 2.41. The van der Waals surface area contributed by atoms with Crippen LogP contribution in [0.15, 0.2) is 37.1 Å². The Morgan fingerprint density at radius 3 is 2.61 bits per heavy atom. The molecule has 11 heteroatoms. The monoisotopic (exact) mass is 616 g/mol. The third kappa shape index (κ3) is 4.70. The lowest BCUT2D eigenvalue weighted by Crippen LogP contribution is -2.61. The second-order valence-electron chi connectivity index (χ2n) is 12.5. The largest absolute Gasteiger partial charge is 0.349 e. The minimum Gasteiger partial charge on any atom is -0.349 e. The van der Waals surface area contributed by atoms with Gasteiger partial charge in [-0.05, 0) is 57.9 Å². The Morgan fingerprint density at radius 2 is 1.91 bits per heavy atom. The minimum absolute atomic E-state index is 0.0712. The van der Waals surface area contributed by atoms with E-state index in [-0.39, 0.29) is 28.5 Å². The van der Waals surface area contributed by atoms with Gasteiger partial charge in [0.2, 0.25) is 11.9 Å². The van der Waals surface area contributed by atoms with E-state index < -0.39 is 5.82 Å². The molecule has 4 heterocycles. The number of likely N-dealkylation sites (N-methyl/N-ethyl adjacent to an activating group) is 1. The van der Waals surface area contributed by atoms with Crippen molar-refractivity contribution in [1.82, 2.24) is 30.0 Å². The number of rotatable bonds is 7. The number of aromatic amines is 1. The van der Waals surface area contributed by atoms with Crippen LogP contribution in [0.3, 0.4) is 0 Å². The number of piperazine rings is 1. The first-order chi connectivity index (χ1) is 21.2. The molecule has 2 saturated heterocycles. The van der Waals surface area contributed by atoms with E-state index in [9.17, 15) is 4.79 Å². The molecule has 0 bridgehead atoms. The van der Waals surface area contributed by atoms with Gasteiger partial charge in [0, 0.05) is 72.2 Å². The van der Waals surface area contributed by atoms with Gasteiger partial charge in [0.05, 0.1) is 16.7 Å². The molecule has 1 N–H and O–H groups in total. The zero-order chi connectivity index (χ0) is 30.9. The van der Waals surface area contributed by atoms with Gasteiger partial charge >= 0.3 is 0 Å². The Balaban J connectivity index is 1.36. The van der Waals surface area contributed by atoms with Crippen LogP contribution in [0.25, 0.3) is 32.9 Å². The fourth-order valence-corrected chi connectivity index (χ4v) is 7.38. The number of aryl methyl sites for hydroxylation is 1. The summed E-state index contributed by atoms with van der Waals surface area (Å²) in [6, 6.07) is 6.67. The summed E-state index contributed by atoms with van der Waals surface area (Å²) in [5.74, 6) is 0.580. The minimum atomic E-state index is -0.478. The van der Waals surface area contributed by atoms with E-state index in [1.165, 1.54) is 18.9 Å². The maximum absolute atomic E-state index is 17.0. The molecule has 2 aromatic heterocycles. The van der Waals surface area contributed by atoms with Crippen LogP contribution in [0.4, 0.5) is 16.2 Å². The molecule has 230 valence electrons. The van der Waals surface area contributed by atoms with E-state index >= 15 is 4.39 Å². The first-order valence-electron chi connectivity index (χ1n) is 15.5. The summed E-state index contributed by atoms with van der Waals surface area (Å²) >= 11 is 6.96. The number of hydrogen-bond acceptors (Lipinski definition) is 7. The van der Waals surface area contributed by atoms with Gasteiger partial charge in [-0.25, -0.2) is 9.37 Å². The van der Waals surface area contributed by atoms with Crippen LogP contribution in [-0.4, -0.2) is 92.8 Å². The molecule has 0 spiro atoms. The van der Waals surface area contributed by atoms with Crippen molar-refractivity contribution >= 4 is 51.1 Å². The van der Waals surface area contributed by atoms with E-state index in [4.69, 9.17) is 21.6 Å². The van der Waals surface area contributed by atoms with Crippen molar-refractivity contribution in [3.05, 3.63) is 53.5 Å². The zero-order valence-electron chi connectivity index (χ0n) is 25.6. The van der Waals surface area contributed by atoms with Crippen LogP contribution >= 0.6 is 11.6 Å². The lowest BCUT2D eigenvalue weighted by Gasteiger charge is -2.46. The molecular weight excluding hydrogens is 579 g/mol. The van der Waals surface area contributed by atoms with E-state index in [0.29, 0.717) is 53.5 Å². The molecule has 2 aromatic carbocycles. The predicted molar refractivity (Wildman–Crippen MR) is 174 cm³/mol. The molecule has 7 rings (SSSR count). The Morgan fingerprint density at radius 1 is 1.14 bits per heavy atom. The molecule has 3 fully saturated rings. The van der Waals surface area contributed by atoms with Crippen LogP contribution in [0.1, 0.15) is 39.2 Å². The fourth-order valence-electron chi connectivity index (χ4n) is 7.09. The van der Waals surface area contributed by atoms with Gasteiger partial charge in [-0.3, -0.25) is 14.8 Å². The highest BCUT2D eigenvalue weighted by atomic mass is 35.5. The normalized spacial score (nSPS) is 21.0. The van der Waals surface area contributed by atoms with Crippen LogP contribution in [0.2, 0.25) is 5.02 Å². The van der Waals surface area contributed by atoms with E-state index in [2.05, 4.69) is 45.3 Å². The molecule has 1 saturated carbocycles. The smallest absolute Gasteiger partial charge is 0.246 e. The van der Waals surface area contributed by atoms with Gasteiger partial charge < -0.3 is 14.7 Å². The van der Waals surface area contributed by atoms with E-state index in [0.717, 1.165) is 36.1 Å². The predicted octanol–water partition coefficient (Wildman–Crippen LogP) is 5.56. The van der Waals surface area contributed by atoms with Gasteiger partial charge in [0.15, 0.2) is 5.82 Å². The first-order valence-corrected chi connectivity index (χ1v) is 15.9. The fraction of sp³-hybridized carbons (Fsp3) is 0.455. The number of H-pyrrole nitrogens is 1. The number of carbonyl (C=O) groups is 1. The molecule has 2 aliphatic heterocycles. The van der Waals surface area contributed by atoms with Crippen LogP contribution in [0, 0.1) is 12.7 Å². The third-order valence-corrected chi connectivity index (χ3v) is 9.94. The average Bonchev–Trinajstić information content (AvgIpc) is 3.71. The number of halogens is 2. The first kappa shape index (κ1) is 29.0. The van der Waals surface area contributed by atoms with Gasteiger partial charge in [-0.15, -0.1) is 0 Å². The average molecular weight is 617 g/mol. The summed E-state index contributed by atoms with van der Waals surface area (Å²) in [5, 5.41) is 8.95. The number of nitrogens with one attached hydrogen (secondary N) is 1. The molecule has 1 aliphatic carbocycles. The SMILES string of the molecule is C=CC(=O)N1C[C@H](C)N(c2nc(N3CC(N(CC)C4CC4)C3)nc3c(F)c(-c4c(C)ccc5cn[nH]c45)c(Cl)cc23)C[C@H]1C. The van der Waals surface area contributed by atoms with Crippen LogP contribution < -0.4 is 9.80 Å². The van der Waals surface area contributed by atoms with Crippen molar-refractivity contribution < 1.29 is 9.18 Å². The van der Waals surface area contributed by atoms with Crippen LogP contribution in [0.5, 0.6) is 0 Å². The van der Waals surface area contributed by atoms with Crippen molar-refractivity contribution in [1.29, 1.82) is 0 Å². The standard InChI is InChI=1S/C33H38ClFN8O/c1-6-26(44)42-14-20(5)43(15-19(42)4)32-24-12-25(34)28(27-18(3)8-9-21-13-36-39-30(21)27)29(35)31(24)37-33(38-32)40-16-23(17-40)41(7-2)22-10-11-22/h6,8-9,12-13,19-20,22-23H,1,7,10-11,14-17H2,2-5H3,(H,36,39)/t19-,20+/m1/s1. The van der Waals surface area contributed by atoms with Crippen molar-refractivity contribution in [2.24, 2.45) is 0 Å². The summed E-state index contributed by atoms with van der Waals surface area (Å²) in [5.41, 5.74) is 2.83. The van der Waals surface area contributed by atoms with Gasteiger partial charge in [-0.1, -0.05) is 37.2 Å². The van der Waals surface area contributed by atoms with E-state index in [1.54, 1.807) is 12.3 Å². The Bertz CT molecular complexity index is 1780. The quantitative estimate of drug-likeness (QED) is 0.272. The molecule has 1 amide bonds. The van der Waals surface area contributed by atoms with Crippen molar-refractivity contribution in [3.8, 4) is 11.1 Å². The number of hydrogen-bond donors (Lipinski definition) is 1. The van der Waals surface area contributed by atoms with Gasteiger partial charge in [0.1, 0.15) is 11.3 Å². The molecule has 44 heavy (non-hydrogen) atoms. The number of aromatic nitrogens is 4. The van der Waals surface area contributed by atoms with Gasteiger partial charge in [-0.2, -0.15) is 10.1 Å². The van der Waals surface area contributed by atoms with Crippen LogP contribution in [-0.2, 0) is 4.79 Å². The molecule has 2 atom stereocenters. The van der Waals surface area contributed by atoms with E-state index in [1.807, 2.05) is 30.9 Å². The molecule has 0 radical (unpaired) electrons. The summed E-state index contributed by atoms with van der Waals surface area (Å²) in [7, 11) is 0. The molecular formula is C33H38ClFN8O. The Labute approximate surface area is 261 Å². The molecule has 4 aromatic rings. The number of nitrogens with zero attached hydrogens (tertiary/aromatic N) is 7. The number of amides is 1. The lowest BCUT2D eigenvalue weighted by molar-refractivity contribution is -0.128. The van der Waals surface area contributed by atoms with Gasteiger partial charge in [0.25, 0.3) is 0 Å².